The summed E-state index contributed by atoms with van der Waals surface area (Å²) in [5.74, 6) is -0.0372. The molecule has 1 heterocycles. The number of carbonyl (C=O) groups is 2. The molecule has 0 spiro atoms. The van der Waals surface area contributed by atoms with E-state index in [0.29, 0.717) is 56.0 Å². The van der Waals surface area contributed by atoms with Gasteiger partial charge in [0.1, 0.15) is 11.5 Å². The average Bonchev–Trinajstić information content (AvgIpc) is 2.93. The molecule has 2 aromatic rings. The van der Waals surface area contributed by atoms with Crippen LogP contribution in [0.2, 0.25) is 0 Å². The summed E-state index contributed by atoms with van der Waals surface area (Å²) in [7, 11) is 3.10. The molecule has 182 valence electrons. The zero-order chi connectivity index (χ0) is 24.8. The van der Waals surface area contributed by atoms with E-state index in [0.717, 1.165) is 5.56 Å². The van der Waals surface area contributed by atoms with Crippen molar-refractivity contribution in [2.45, 2.75) is 31.1 Å². The second-order valence-corrected chi connectivity index (χ2v) is 9.10. The number of benzene rings is 2. The standard InChI is InChI=1S/C28H31N3O4/c1-34-21-12-13-25(35-2)24(18-21)30-26(32)22-10-6-7-11-23(22)27(33)31-16-14-28(19-29,15-17-31)20-8-4-3-5-9-20/h3-9,12-13,18,22-23H,10-11,14-17H2,1-2H3,(H,30,32). The molecule has 1 aliphatic heterocycles. The number of carbonyl (C=O) groups excluding carboxylic acids is 2. The highest BCUT2D eigenvalue weighted by Crippen LogP contribution is 2.37. The summed E-state index contributed by atoms with van der Waals surface area (Å²) in [5, 5.41) is 12.9. The Hall–Kier alpha value is -3.79. The first kappa shape index (κ1) is 24.3. The average molecular weight is 474 g/mol. The van der Waals surface area contributed by atoms with Crippen LogP contribution in [0.4, 0.5) is 5.69 Å². The van der Waals surface area contributed by atoms with Gasteiger partial charge in [-0.2, -0.15) is 5.26 Å². The summed E-state index contributed by atoms with van der Waals surface area (Å²) >= 11 is 0. The zero-order valence-electron chi connectivity index (χ0n) is 20.2. The Labute approximate surface area is 206 Å². The molecule has 35 heavy (non-hydrogen) atoms. The van der Waals surface area contributed by atoms with Crippen molar-refractivity contribution in [1.82, 2.24) is 4.90 Å². The maximum Gasteiger partial charge on any atom is 0.228 e. The normalized spacial score (nSPS) is 21.0. The number of hydrogen-bond acceptors (Lipinski definition) is 5. The molecular formula is C28H31N3O4. The van der Waals surface area contributed by atoms with Crippen LogP contribution >= 0.6 is 0 Å². The third-order valence-corrected chi connectivity index (χ3v) is 7.22. The van der Waals surface area contributed by atoms with Crippen molar-refractivity contribution in [2.75, 3.05) is 32.6 Å². The van der Waals surface area contributed by atoms with Gasteiger partial charge in [0.15, 0.2) is 0 Å². The molecule has 0 bridgehead atoms. The molecule has 7 heteroatoms. The van der Waals surface area contributed by atoms with E-state index in [1.807, 2.05) is 47.4 Å². The fourth-order valence-electron chi connectivity index (χ4n) is 5.08. The van der Waals surface area contributed by atoms with Crippen LogP contribution < -0.4 is 14.8 Å². The maximum atomic E-state index is 13.6. The lowest BCUT2D eigenvalue weighted by molar-refractivity contribution is -0.142. The molecule has 7 nitrogen and oxygen atoms in total. The van der Waals surface area contributed by atoms with Gasteiger partial charge in [-0.05, 0) is 43.4 Å². The lowest BCUT2D eigenvalue weighted by atomic mass is 9.73. The van der Waals surface area contributed by atoms with E-state index in [2.05, 4.69) is 11.4 Å². The zero-order valence-corrected chi connectivity index (χ0v) is 20.2. The number of anilines is 1. The molecule has 2 aromatic carbocycles. The van der Waals surface area contributed by atoms with Crippen LogP contribution in [-0.4, -0.2) is 44.0 Å². The van der Waals surface area contributed by atoms with Crippen molar-refractivity contribution in [1.29, 1.82) is 5.26 Å². The number of nitriles is 1. The Balaban J connectivity index is 1.47. The van der Waals surface area contributed by atoms with E-state index in [-0.39, 0.29) is 11.8 Å². The topological polar surface area (TPSA) is 91.7 Å². The molecule has 1 aliphatic carbocycles. The minimum atomic E-state index is -0.579. The third kappa shape index (κ3) is 5.02. The van der Waals surface area contributed by atoms with Crippen LogP contribution in [0.5, 0.6) is 11.5 Å². The summed E-state index contributed by atoms with van der Waals surface area (Å²) in [4.78, 5) is 28.7. The van der Waals surface area contributed by atoms with Crippen molar-refractivity contribution >= 4 is 17.5 Å². The highest BCUT2D eigenvalue weighted by atomic mass is 16.5. The van der Waals surface area contributed by atoms with Gasteiger partial charge in [-0.1, -0.05) is 42.5 Å². The lowest BCUT2D eigenvalue weighted by Gasteiger charge is -2.40. The number of allylic oxidation sites excluding steroid dienone is 2. The van der Waals surface area contributed by atoms with E-state index in [4.69, 9.17) is 9.47 Å². The van der Waals surface area contributed by atoms with Crippen molar-refractivity contribution in [3.63, 3.8) is 0 Å². The number of piperidine rings is 1. The van der Waals surface area contributed by atoms with E-state index in [1.54, 1.807) is 32.4 Å². The summed E-state index contributed by atoms with van der Waals surface area (Å²) in [6.45, 7) is 0.999. The molecule has 0 radical (unpaired) electrons. The van der Waals surface area contributed by atoms with Gasteiger partial charge < -0.3 is 19.7 Å². The van der Waals surface area contributed by atoms with E-state index >= 15 is 0 Å². The second kappa shape index (κ2) is 10.6. The molecule has 2 atom stereocenters. The monoisotopic (exact) mass is 473 g/mol. The van der Waals surface area contributed by atoms with Gasteiger partial charge in [0.05, 0.1) is 43.2 Å². The van der Waals surface area contributed by atoms with E-state index < -0.39 is 17.3 Å². The Morgan fingerprint density at radius 2 is 1.69 bits per heavy atom. The summed E-state index contributed by atoms with van der Waals surface area (Å²) < 4.78 is 10.7. The smallest absolute Gasteiger partial charge is 0.228 e. The van der Waals surface area contributed by atoms with Crippen molar-refractivity contribution < 1.29 is 19.1 Å². The fourth-order valence-corrected chi connectivity index (χ4v) is 5.08. The van der Waals surface area contributed by atoms with E-state index in [9.17, 15) is 14.9 Å². The number of amides is 2. The highest BCUT2D eigenvalue weighted by molar-refractivity contribution is 5.97. The number of rotatable bonds is 6. The maximum absolute atomic E-state index is 13.6. The number of ether oxygens (including phenoxy) is 2. The molecule has 2 amide bonds. The van der Waals surface area contributed by atoms with Crippen LogP contribution in [0.3, 0.4) is 0 Å². The SMILES string of the molecule is COc1ccc(OC)c(NC(=O)C2CC=CCC2C(=O)N2CCC(C#N)(c3ccccc3)CC2)c1. The first-order valence-corrected chi connectivity index (χ1v) is 11.9. The predicted molar refractivity (Wildman–Crippen MR) is 133 cm³/mol. The highest BCUT2D eigenvalue weighted by Gasteiger charge is 2.41. The molecule has 1 saturated heterocycles. The molecule has 1 N–H and O–H groups in total. The van der Waals surface area contributed by atoms with Crippen LogP contribution in [0.1, 0.15) is 31.2 Å². The molecule has 2 unspecified atom stereocenters. The molecular weight excluding hydrogens is 442 g/mol. The summed E-state index contributed by atoms with van der Waals surface area (Å²) in [5.41, 5.74) is 0.932. The van der Waals surface area contributed by atoms with Gasteiger partial charge in [0.2, 0.25) is 11.8 Å². The van der Waals surface area contributed by atoms with Crippen LogP contribution in [0.25, 0.3) is 0 Å². The first-order valence-electron chi connectivity index (χ1n) is 11.9. The molecule has 2 aliphatic rings. The van der Waals surface area contributed by atoms with Gasteiger partial charge in [-0.25, -0.2) is 0 Å². The quantitative estimate of drug-likeness (QED) is 0.632. The van der Waals surface area contributed by atoms with Crippen LogP contribution in [-0.2, 0) is 15.0 Å². The molecule has 0 aromatic heterocycles. The number of nitrogens with one attached hydrogen (secondary N) is 1. The van der Waals surface area contributed by atoms with Gasteiger partial charge in [-0.15, -0.1) is 0 Å². The van der Waals surface area contributed by atoms with Gasteiger partial charge >= 0.3 is 0 Å². The minimum Gasteiger partial charge on any atom is -0.497 e. The Morgan fingerprint density at radius 1 is 1.00 bits per heavy atom. The number of nitrogens with zero attached hydrogens (tertiary/aromatic N) is 2. The largest absolute Gasteiger partial charge is 0.497 e. The molecule has 0 saturated carbocycles. The predicted octanol–water partition coefficient (Wildman–Crippen LogP) is 4.31. The van der Waals surface area contributed by atoms with Crippen molar-refractivity contribution in [2.24, 2.45) is 11.8 Å². The van der Waals surface area contributed by atoms with Gasteiger partial charge in [0.25, 0.3) is 0 Å². The van der Waals surface area contributed by atoms with E-state index in [1.165, 1.54) is 0 Å². The van der Waals surface area contributed by atoms with Gasteiger partial charge in [0, 0.05) is 19.2 Å². The van der Waals surface area contributed by atoms with Crippen LogP contribution in [0.15, 0.2) is 60.7 Å². The molecule has 4 rings (SSSR count). The first-order chi connectivity index (χ1) is 17.0. The summed E-state index contributed by atoms with van der Waals surface area (Å²) in [6.07, 6.45) is 6.12. The Bertz CT molecular complexity index is 1130. The summed E-state index contributed by atoms with van der Waals surface area (Å²) in [6, 6.07) is 17.5. The number of methoxy groups -OCH3 is 2. The van der Waals surface area contributed by atoms with Crippen molar-refractivity contribution in [3.8, 4) is 17.6 Å². The molecule has 1 fully saturated rings. The van der Waals surface area contributed by atoms with Gasteiger partial charge in [-0.3, -0.25) is 9.59 Å². The number of likely N-dealkylation sites (tertiary alicyclic amines) is 1. The second-order valence-electron chi connectivity index (χ2n) is 9.10. The third-order valence-electron chi connectivity index (χ3n) is 7.22. The fraction of sp³-hybridized carbons (Fsp3) is 0.393. The Morgan fingerprint density at radius 3 is 2.31 bits per heavy atom. The Kier molecular flexibility index (Phi) is 7.40. The van der Waals surface area contributed by atoms with Crippen molar-refractivity contribution in [3.05, 3.63) is 66.2 Å². The number of hydrogen-bond donors (Lipinski definition) is 1. The minimum absolute atomic E-state index is 0.0216. The van der Waals surface area contributed by atoms with Crippen LogP contribution in [0, 0.1) is 23.2 Å². The lowest BCUT2D eigenvalue weighted by Crippen LogP contribution is -2.49.